The number of nitrogens with one attached hydrogen (secondary N) is 1. The molecule has 4 rings (SSSR count). The van der Waals surface area contributed by atoms with Crippen molar-refractivity contribution in [2.45, 2.75) is 49.9 Å². The monoisotopic (exact) mass is 382 g/mol. The number of fused-ring (bicyclic) bond motifs is 2. The van der Waals surface area contributed by atoms with Gasteiger partial charge in [0, 0.05) is 30.1 Å². The molecule has 3 aliphatic rings. The molecule has 3 saturated heterocycles. The van der Waals surface area contributed by atoms with Gasteiger partial charge >= 0.3 is 0 Å². The van der Waals surface area contributed by atoms with Crippen molar-refractivity contribution in [2.75, 3.05) is 23.1 Å². The van der Waals surface area contributed by atoms with Gasteiger partial charge in [-0.1, -0.05) is 0 Å². The Morgan fingerprint density at radius 1 is 1.30 bits per heavy atom. The zero-order valence-corrected chi connectivity index (χ0v) is 15.9. The summed E-state index contributed by atoms with van der Waals surface area (Å²) in [6.45, 7) is 0.304. The molecule has 3 aliphatic heterocycles. The lowest BCUT2D eigenvalue weighted by atomic mass is 9.97. The molecular weight excluding hydrogens is 360 g/mol. The van der Waals surface area contributed by atoms with E-state index in [-0.39, 0.29) is 11.9 Å². The van der Waals surface area contributed by atoms with Gasteiger partial charge in [-0.05, 0) is 37.8 Å². The molecule has 140 valence electrons. The van der Waals surface area contributed by atoms with Crippen LogP contribution in [-0.4, -0.2) is 58.1 Å². The Hall–Kier alpha value is -2.29. The third-order valence-electron chi connectivity index (χ3n) is 5.77. The quantitative estimate of drug-likeness (QED) is 0.842. The number of hydrogen-bond donors (Lipinski definition) is 1. The fourth-order valence-corrected chi connectivity index (χ4v) is 5.56. The molecule has 8 heteroatoms. The third-order valence-corrected chi connectivity index (χ3v) is 6.78. The minimum atomic E-state index is -0.287. The van der Waals surface area contributed by atoms with E-state index in [1.807, 2.05) is 12.1 Å². The minimum absolute atomic E-state index is 0.0232. The van der Waals surface area contributed by atoms with E-state index in [0.29, 0.717) is 41.9 Å². The van der Waals surface area contributed by atoms with Gasteiger partial charge in [0.15, 0.2) is 0 Å². The molecule has 3 fully saturated rings. The number of hydrogen-bond acceptors (Lipinski definition) is 7. The number of anilines is 1. The van der Waals surface area contributed by atoms with Gasteiger partial charge in [0.2, 0.25) is 5.91 Å². The number of pyridine rings is 1. The lowest BCUT2D eigenvalue weighted by Crippen LogP contribution is -2.51. The maximum atomic E-state index is 12.4. The molecule has 7 nitrogen and oxygen atoms in total. The van der Waals surface area contributed by atoms with Gasteiger partial charge in [0.1, 0.15) is 17.9 Å². The Bertz CT molecular complexity index is 771. The first kappa shape index (κ1) is 18.1. The molecule has 0 aliphatic carbocycles. The second kappa shape index (κ2) is 7.75. The molecule has 0 radical (unpaired) electrons. The normalized spacial score (nSPS) is 29.4. The van der Waals surface area contributed by atoms with E-state index >= 15 is 0 Å². The molecule has 4 heterocycles. The van der Waals surface area contributed by atoms with Crippen molar-refractivity contribution in [3.8, 4) is 12.1 Å². The summed E-state index contributed by atoms with van der Waals surface area (Å²) in [7, 11) is 0. The fraction of sp³-hybridized carbons (Fsp3) is 0.579. The van der Waals surface area contributed by atoms with E-state index < -0.39 is 0 Å². The highest BCUT2D eigenvalue weighted by atomic mass is 32.2. The summed E-state index contributed by atoms with van der Waals surface area (Å²) >= 11 is 1.64. The van der Waals surface area contributed by atoms with Gasteiger partial charge in [-0.15, -0.1) is 11.8 Å². The predicted molar refractivity (Wildman–Crippen MR) is 103 cm³/mol. The van der Waals surface area contributed by atoms with Crippen molar-refractivity contribution in [3.63, 3.8) is 0 Å². The zero-order chi connectivity index (χ0) is 18.8. The first-order valence-electron chi connectivity index (χ1n) is 9.34. The van der Waals surface area contributed by atoms with Gasteiger partial charge in [0.25, 0.3) is 0 Å². The number of aromatic nitrogens is 1. The van der Waals surface area contributed by atoms with E-state index in [0.717, 1.165) is 31.5 Å². The largest absolute Gasteiger partial charge is 0.351 e. The summed E-state index contributed by atoms with van der Waals surface area (Å²) in [5, 5.41) is 21.5. The Morgan fingerprint density at radius 2 is 2.07 bits per heavy atom. The second-order valence-electron chi connectivity index (χ2n) is 7.37. The molecule has 2 unspecified atom stereocenters. The molecule has 1 aromatic heterocycles. The summed E-state index contributed by atoms with van der Waals surface area (Å²) in [4.78, 5) is 21.0. The van der Waals surface area contributed by atoms with Crippen LogP contribution in [0.3, 0.4) is 0 Å². The molecule has 2 bridgehead atoms. The van der Waals surface area contributed by atoms with Crippen LogP contribution in [-0.2, 0) is 4.79 Å². The van der Waals surface area contributed by atoms with Crippen molar-refractivity contribution in [2.24, 2.45) is 0 Å². The van der Waals surface area contributed by atoms with Gasteiger partial charge in [-0.25, -0.2) is 4.98 Å². The molecule has 0 saturated carbocycles. The summed E-state index contributed by atoms with van der Waals surface area (Å²) in [5.74, 6) is 2.30. The van der Waals surface area contributed by atoms with Crippen LogP contribution < -0.4 is 10.2 Å². The standard InChI is InChI=1S/C19H22N6OS/c20-7-13-1-4-18(23-9-13)25-15-2-3-16(25)6-14(5-15)22-10-19(26)24-12-27-11-17(24)8-21/h1,4,9,14-17,22H,2-3,5-6,10-12H2/t14?,15?,16?,17-/m1/s1. The SMILES string of the molecule is N#Cc1ccc(N2C3CCC2CC(NCC(=O)N2CSC[C@H]2C#N)C3)nc1. The number of carbonyl (C=O) groups excluding carboxylic acids is 1. The summed E-state index contributed by atoms with van der Waals surface area (Å²) in [6.07, 6.45) is 5.89. The van der Waals surface area contributed by atoms with Gasteiger partial charge in [-0.3, -0.25) is 4.79 Å². The number of amides is 1. The highest BCUT2D eigenvalue weighted by Gasteiger charge is 2.41. The third kappa shape index (κ3) is 3.60. The van der Waals surface area contributed by atoms with Crippen LogP contribution in [0.5, 0.6) is 0 Å². The highest BCUT2D eigenvalue weighted by molar-refractivity contribution is 7.99. The van der Waals surface area contributed by atoms with Gasteiger partial charge in [-0.2, -0.15) is 10.5 Å². The average molecular weight is 382 g/mol. The molecule has 3 atom stereocenters. The Balaban J connectivity index is 1.34. The molecule has 27 heavy (non-hydrogen) atoms. The Labute approximate surface area is 163 Å². The van der Waals surface area contributed by atoms with Crippen molar-refractivity contribution in [3.05, 3.63) is 23.9 Å². The van der Waals surface area contributed by atoms with E-state index in [1.54, 1.807) is 22.9 Å². The van der Waals surface area contributed by atoms with Gasteiger partial charge in [0.05, 0.1) is 24.1 Å². The maximum absolute atomic E-state index is 12.4. The first-order chi connectivity index (χ1) is 13.2. The van der Waals surface area contributed by atoms with E-state index in [4.69, 9.17) is 10.5 Å². The molecule has 0 aromatic carbocycles. The highest BCUT2D eigenvalue weighted by Crippen LogP contribution is 2.38. The van der Waals surface area contributed by atoms with Crippen molar-refractivity contribution in [1.29, 1.82) is 10.5 Å². The molecule has 1 aromatic rings. The van der Waals surface area contributed by atoms with Crippen LogP contribution >= 0.6 is 11.8 Å². The van der Waals surface area contributed by atoms with Gasteiger partial charge < -0.3 is 15.1 Å². The predicted octanol–water partition coefficient (Wildman–Crippen LogP) is 1.47. The number of piperidine rings is 1. The van der Waals surface area contributed by atoms with Crippen molar-refractivity contribution in [1.82, 2.24) is 15.2 Å². The summed E-state index contributed by atoms with van der Waals surface area (Å²) < 4.78 is 0. The van der Waals surface area contributed by atoms with Crippen LogP contribution in [0.15, 0.2) is 18.3 Å². The maximum Gasteiger partial charge on any atom is 0.238 e. The van der Waals surface area contributed by atoms with E-state index in [2.05, 4.69) is 27.3 Å². The lowest BCUT2D eigenvalue weighted by Gasteiger charge is -2.40. The number of thioether (sulfide) groups is 1. The summed E-state index contributed by atoms with van der Waals surface area (Å²) in [6, 6.07) is 8.96. The molecular formula is C19H22N6OS. The first-order valence-corrected chi connectivity index (χ1v) is 10.5. The smallest absolute Gasteiger partial charge is 0.238 e. The Morgan fingerprint density at radius 3 is 2.70 bits per heavy atom. The van der Waals surface area contributed by atoms with Crippen LogP contribution in [0.25, 0.3) is 0 Å². The van der Waals surface area contributed by atoms with Crippen molar-refractivity contribution >= 4 is 23.5 Å². The molecule has 1 N–H and O–H groups in total. The van der Waals surface area contributed by atoms with Crippen LogP contribution in [0.1, 0.15) is 31.2 Å². The number of rotatable bonds is 4. The lowest BCUT2D eigenvalue weighted by molar-refractivity contribution is -0.129. The molecule has 1 amide bonds. The zero-order valence-electron chi connectivity index (χ0n) is 15.0. The number of nitriles is 2. The van der Waals surface area contributed by atoms with Crippen LogP contribution in [0, 0.1) is 22.7 Å². The average Bonchev–Trinajstić information content (AvgIpc) is 3.28. The summed E-state index contributed by atoms with van der Waals surface area (Å²) in [5.41, 5.74) is 0.580. The number of nitrogens with zero attached hydrogens (tertiary/aromatic N) is 5. The van der Waals surface area contributed by atoms with E-state index in [1.165, 1.54) is 0 Å². The van der Waals surface area contributed by atoms with Crippen molar-refractivity contribution < 1.29 is 4.79 Å². The topological polar surface area (TPSA) is 96.0 Å². The number of carbonyl (C=O) groups is 1. The van der Waals surface area contributed by atoms with Crippen LogP contribution in [0.2, 0.25) is 0 Å². The fourth-order valence-electron chi connectivity index (χ4n) is 4.45. The van der Waals surface area contributed by atoms with E-state index in [9.17, 15) is 4.79 Å². The Kier molecular flexibility index (Phi) is 5.20. The minimum Gasteiger partial charge on any atom is -0.351 e. The molecule has 0 spiro atoms. The van der Waals surface area contributed by atoms with Crippen LogP contribution in [0.4, 0.5) is 5.82 Å². The second-order valence-corrected chi connectivity index (χ2v) is 8.37.